The van der Waals surface area contributed by atoms with E-state index in [0.29, 0.717) is 29.8 Å². The standard InChI is InChI=1S/C25H31FN4O3/c1-28-14-11-22(27-33)23-21(25(28)32)10-17-30(23)13-3-2-12-29-15-8-19(9-16-29)24(31)18-4-6-20(26)7-5-18/h4-7,10,17,19,33H,2-3,8-9,11-16H2,1H3/b27-22+. The van der Waals surface area contributed by atoms with Gasteiger partial charge in [-0.3, -0.25) is 9.59 Å². The second-order valence-corrected chi connectivity index (χ2v) is 8.99. The minimum Gasteiger partial charge on any atom is -0.411 e. The molecule has 1 aromatic carbocycles. The molecule has 176 valence electrons. The van der Waals surface area contributed by atoms with Crippen LogP contribution in [0.3, 0.4) is 0 Å². The van der Waals surface area contributed by atoms with Crippen molar-refractivity contribution in [3.63, 3.8) is 0 Å². The number of piperidine rings is 1. The van der Waals surface area contributed by atoms with Crippen LogP contribution in [-0.2, 0) is 6.54 Å². The van der Waals surface area contributed by atoms with Gasteiger partial charge in [0, 0.05) is 44.2 Å². The SMILES string of the molecule is CN1CC/C(=N\O)c2c(ccn2CCCCN2CCC(C(=O)c3ccc(F)cc3)CC2)C1=O. The van der Waals surface area contributed by atoms with Crippen molar-refractivity contribution in [2.75, 3.05) is 33.2 Å². The first-order valence-corrected chi connectivity index (χ1v) is 11.7. The Bertz CT molecular complexity index is 1020. The van der Waals surface area contributed by atoms with Crippen LogP contribution in [0.1, 0.15) is 58.5 Å². The van der Waals surface area contributed by atoms with Crippen LogP contribution in [0.2, 0.25) is 0 Å². The highest BCUT2D eigenvalue weighted by atomic mass is 19.1. The van der Waals surface area contributed by atoms with E-state index in [1.807, 2.05) is 16.8 Å². The molecule has 33 heavy (non-hydrogen) atoms. The lowest BCUT2D eigenvalue weighted by Gasteiger charge is -2.31. The normalized spacial score (nSPS) is 19.0. The quantitative estimate of drug-likeness (QED) is 0.300. The van der Waals surface area contributed by atoms with Crippen molar-refractivity contribution < 1.29 is 19.2 Å². The first-order valence-electron chi connectivity index (χ1n) is 11.7. The van der Waals surface area contributed by atoms with Crippen molar-refractivity contribution in [3.05, 3.63) is 59.2 Å². The first kappa shape index (κ1) is 23.2. The molecule has 2 aromatic rings. The number of oxime groups is 1. The summed E-state index contributed by atoms with van der Waals surface area (Å²) >= 11 is 0. The Balaban J connectivity index is 1.25. The number of amides is 1. The van der Waals surface area contributed by atoms with Gasteiger partial charge in [-0.2, -0.15) is 0 Å². The molecule has 0 saturated carbocycles. The fourth-order valence-electron chi connectivity index (χ4n) is 4.84. The largest absolute Gasteiger partial charge is 0.411 e. The zero-order chi connectivity index (χ0) is 23.4. The summed E-state index contributed by atoms with van der Waals surface area (Å²) in [7, 11) is 1.76. The number of likely N-dealkylation sites (tertiary alicyclic amines) is 1. The second kappa shape index (κ2) is 10.3. The lowest BCUT2D eigenvalue weighted by molar-refractivity contribution is 0.0800. The number of nitrogens with zero attached hydrogens (tertiary/aromatic N) is 4. The van der Waals surface area contributed by atoms with Crippen molar-refractivity contribution in [1.82, 2.24) is 14.4 Å². The summed E-state index contributed by atoms with van der Waals surface area (Å²) in [4.78, 5) is 29.3. The summed E-state index contributed by atoms with van der Waals surface area (Å²) in [5.41, 5.74) is 2.47. The molecule has 0 atom stereocenters. The number of rotatable bonds is 7. The molecule has 7 nitrogen and oxygen atoms in total. The van der Waals surface area contributed by atoms with Crippen LogP contribution in [0.4, 0.5) is 4.39 Å². The summed E-state index contributed by atoms with van der Waals surface area (Å²) in [6, 6.07) is 7.65. The van der Waals surface area contributed by atoms with Crippen LogP contribution in [0.25, 0.3) is 0 Å². The van der Waals surface area contributed by atoms with Crippen LogP contribution < -0.4 is 0 Å². The molecule has 1 fully saturated rings. The number of unbranched alkanes of at least 4 members (excludes halogenated alkanes) is 1. The summed E-state index contributed by atoms with van der Waals surface area (Å²) < 4.78 is 15.1. The Kier molecular flexibility index (Phi) is 7.23. The molecule has 1 amide bonds. The second-order valence-electron chi connectivity index (χ2n) is 8.99. The maximum atomic E-state index is 13.1. The van der Waals surface area contributed by atoms with Crippen LogP contribution in [0, 0.1) is 11.7 Å². The smallest absolute Gasteiger partial charge is 0.255 e. The lowest BCUT2D eigenvalue weighted by Crippen LogP contribution is -2.37. The summed E-state index contributed by atoms with van der Waals surface area (Å²) in [5.74, 6) is -0.241. The molecule has 8 heteroatoms. The average molecular weight is 455 g/mol. The molecule has 0 aliphatic carbocycles. The third kappa shape index (κ3) is 5.16. The number of carbonyl (C=O) groups excluding carboxylic acids is 2. The number of Topliss-reactive ketones (excluding diaryl/α,β-unsaturated/α-hetero) is 1. The summed E-state index contributed by atoms with van der Waals surface area (Å²) in [6.45, 7) is 4.03. The first-order chi connectivity index (χ1) is 16.0. The molecule has 1 aromatic heterocycles. The molecule has 0 unspecified atom stereocenters. The number of aryl methyl sites for hydroxylation is 1. The van der Waals surface area contributed by atoms with Crippen LogP contribution in [0.5, 0.6) is 0 Å². The highest BCUT2D eigenvalue weighted by Gasteiger charge is 2.28. The van der Waals surface area contributed by atoms with Crippen LogP contribution >= 0.6 is 0 Å². The topological polar surface area (TPSA) is 78.1 Å². The number of ketones is 1. The van der Waals surface area contributed by atoms with Crippen molar-refractivity contribution in [3.8, 4) is 0 Å². The third-order valence-corrected chi connectivity index (χ3v) is 6.83. The third-order valence-electron chi connectivity index (χ3n) is 6.83. The van der Waals surface area contributed by atoms with Gasteiger partial charge in [-0.05, 0) is 75.6 Å². The van der Waals surface area contributed by atoms with Gasteiger partial charge in [0.15, 0.2) is 5.78 Å². The molecular formula is C25H31FN4O3. The molecule has 2 aliphatic heterocycles. The van der Waals surface area contributed by atoms with E-state index in [4.69, 9.17) is 0 Å². The van der Waals surface area contributed by atoms with Gasteiger partial charge in [0.25, 0.3) is 5.91 Å². The van der Waals surface area contributed by atoms with Crippen LogP contribution in [0.15, 0.2) is 41.7 Å². The molecule has 0 spiro atoms. The molecule has 4 rings (SSSR count). The zero-order valence-corrected chi connectivity index (χ0v) is 19.0. The minimum absolute atomic E-state index is 0.00824. The molecule has 1 N–H and O–H groups in total. The monoisotopic (exact) mass is 454 g/mol. The average Bonchev–Trinajstić information content (AvgIpc) is 3.20. The number of hydrogen-bond acceptors (Lipinski definition) is 5. The number of carbonyl (C=O) groups is 2. The van der Waals surface area contributed by atoms with E-state index in [0.717, 1.165) is 57.6 Å². The Morgan fingerprint density at radius 1 is 1.09 bits per heavy atom. The van der Waals surface area contributed by atoms with E-state index >= 15 is 0 Å². The van der Waals surface area contributed by atoms with Gasteiger partial charge >= 0.3 is 0 Å². The zero-order valence-electron chi connectivity index (χ0n) is 19.0. The maximum Gasteiger partial charge on any atom is 0.255 e. The van der Waals surface area contributed by atoms with E-state index < -0.39 is 0 Å². The number of halogens is 1. The van der Waals surface area contributed by atoms with Crippen molar-refractivity contribution in [1.29, 1.82) is 0 Å². The predicted octanol–water partition coefficient (Wildman–Crippen LogP) is 3.66. The van der Waals surface area contributed by atoms with Gasteiger partial charge in [-0.1, -0.05) is 5.16 Å². The van der Waals surface area contributed by atoms with Crippen molar-refractivity contribution in [2.24, 2.45) is 11.1 Å². The Hall–Kier alpha value is -3.00. The molecule has 0 radical (unpaired) electrons. The van der Waals surface area contributed by atoms with Gasteiger partial charge in [-0.15, -0.1) is 0 Å². The van der Waals surface area contributed by atoms with Gasteiger partial charge < -0.3 is 19.6 Å². The van der Waals surface area contributed by atoms with Gasteiger partial charge in [0.1, 0.15) is 11.5 Å². The number of fused-ring (bicyclic) bond motifs is 1. The van der Waals surface area contributed by atoms with Crippen LogP contribution in [-0.4, -0.2) is 70.2 Å². The highest BCUT2D eigenvalue weighted by Crippen LogP contribution is 2.23. The van der Waals surface area contributed by atoms with E-state index in [2.05, 4.69) is 10.1 Å². The molecule has 0 bridgehead atoms. The number of benzene rings is 1. The molecule has 2 aliphatic rings. The maximum absolute atomic E-state index is 13.1. The van der Waals surface area contributed by atoms with Crippen molar-refractivity contribution >= 4 is 17.4 Å². The Morgan fingerprint density at radius 3 is 2.48 bits per heavy atom. The van der Waals surface area contributed by atoms with Gasteiger partial charge in [0.05, 0.1) is 11.3 Å². The summed E-state index contributed by atoms with van der Waals surface area (Å²) in [5, 5.41) is 12.9. The molecule has 1 saturated heterocycles. The fraction of sp³-hybridized carbons (Fsp3) is 0.480. The molecular weight excluding hydrogens is 423 g/mol. The van der Waals surface area contributed by atoms with Gasteiger partial charge in [0.2, 0.25) is 0 Å². The van der Waals surface area contributed by atoms with E-state index in [1.165, 1.54) is 12.1 Å². The summed E-state index contributed by atoms with van der Waals surface area (Å²) in [6.07, 6.45) is 6.03. The Labute approximate surface area is 193 Å². The number of hydrogen-bond donors (Lipinski definition) is 1. The predicted molar refractivity (Wildman–Crippen MR) is 123 cm³/mol. The van der Waals surface area contributed by atoms with E-state index in [1.54, 1.807) is 24.1 Å². The highest BCUT2D eigenvalue weighted by molar-refractivity contribution is 6.10. The van der Waals surface area contributed by atoms with E-state index in [-0.39, 0.29) is 23.4 Å². The van der Waals surface area contributed by atoms with Gasteiger partial charge in [-0.25, -0.2) is 4.39 Å². The minimum atomic E-state index is -0.323. The molecule has 3 heterocycles. The fourth-order valence-corrected chi connectivity index (χ4v) is 4.84. The lowest BCUT2D eigenvalue weighted by atomic mass is 9.89. The van der Waals surface area contributed by atoms with Crippen molar-refractivity contribution in [2.45, 2.75) is 38.6 Å². The number of aromatic nitrogens is 1. The Morgan fingerprint density at radius 2 is 1.79 bits per heavy atom. The van der Waals surface area contributed by atoms with E-state index in [9.17, 15) is 19.2 Å².